The Kier molecular flexibility index (Phi) is 7.75. The Balaban J connectivity index is 1.24. The third-order valence-corrected chi connectivity index (χ3v) is 6.58. The summed E-state index contributed by atoms with van der Waals surface area (Å²) in [6.45, 7) is 2.89. The van der Waals surface area contributed by atoms with Crippen LogP contribution in [-0.4, -0.2) is 59.4 Å². The number of piperazine rings is 1. The van der Waals surface area contributed by atoms with Crippen molar-refractivity contribution in [3.05, 3.63) is 59.9 Å². The largest absolute Gasteiger partial charge is 0.494 e. The highest BCUT2D eigenvalue weighted by molar-refractivity contribution is 5.94. The van der Waals surface area contributed by atoms with Crippen LogP contribution in [0.3, 0.4) is 0 Å². The summed E-state index contributed by atoms with van der Waals surface area (Å²) in [5.41, 5.74) is 1.42. The second-order valence-electron chi connectivity index (χ2n) is 8.84. The quantitative estimate of drug-likeness (QED) is 0.661. The number of pyridine rings is 1. The van der Waals surface area contributed by atoms with Crippen molar-refractivity contribution in [1.82, 2.24) is 14.8 Å². The van der Waals surface area contributed by atoms with Crippen molar-refractivity contribution in [1.29, 1.82) is 0 Å². The van der Waals surface area contributed by atoms with Crippen molar-refractivity contribution in [2.75, 3.05) is 32.8 Å². The maximum Gasteiger partial charge on any atom is 0.254 e. The molecule has 0 radical (unpaired) electrons. The molecule has 0 unspecified atom stereocenters. The zero-order valence-electron chi connectivity index (χ0n) is 18.7. The Labute approximate surface area is 190 Å². The number of carbonyl (C=O) groups is 2. The molecule has 2 aliphatic rings. The topological polar surface area (TPSA) is 62.7 Å². The average Bonchev–Trinajstić information content (AvgIpc) is 2.85. The fourth-order valence-electron chi connectivity index (χ4n) is 4.65. The van der Waals surface area contributed by atoms with Gasteiger partial charge in [-0.2, -0.15) is 0 Å². The minimum atomic E-state index is -0.000412. The molecule has 6 nitrogen and oxygen atoms in total. The molecule has 1 aliphatic heterocycles. The van der Waals surface area contributed by atoms with Crippen molar-refractivity contribution < 1.29 is 14.3 Å². The molecule has 2 fully saturated rings. The SMILES string of the molecule is O=C(Cc1ccccn1)N1CCN(C(=O)c2cccc(OCCC3CCCCC3)c2)CC1. The predicted octanol–water partition coefficient (Wildman–Crippen LogP) is 3.96. The number of nitrogens with zero attached hydrogens (tertiary/aromatic N) is 3. The van der Waals surface area contributed by atoms with E-state index in [9.17, 15) is 9.59 Å². The summed E-state index contributed by atoms with van der Waals surface area (Å²) in [7, 11) is 0. The first-order chi connectivity index (χ1) is 15.7. The number of rotatable bonds is 7. The van der Waals surface area contributed by atoms with E-state index in [0.717, 1.165) is 23.8 Å². The number of hydrogen-bond acceptors (Lipinski definition) is 4. The smallest absolute Gasteiger partial charge is 0.254 e. The zero-order chi connectivity index (χ0) is 22.2. The molecule has 0 bridgehead atoms. The number of ether oxygens (including phenoxy) is 1. The van der Waals surface area contributed by atoms with Gasteiger partial charge in [-0.15, -0.1) is 0 Å². The molecule has 32 heavy (non-hydrogen) atoms. The summed E-state index contributed by atoms with van der Waals surface area (Å²) < 4.78 is 5.96. The van der Waals surface area contributed by atoms with Crippen LogP contribution >= 0.6 is 0 Å². The van der Waals surface area contributed by atoms with Gasteiger partial charge in [0.25, 0.3) is 5.91 Å². The van der Waals surface area contributed by atoms with E-state index >= 15 is 0 Å². The van der Waals surface area contributed by atoms with Gasteiger partial charge in [0.15, 0.2) is 0 Å². The molecule has 1 saturated carbocycles. The summed E-state index contributed by atoms with van der Waals surface area (Å²) >= 11 is 0. The molecule has 0 atom stereocenters. The second-order valence-corrected chi connectivity index (χ2v) is 8.84. The molecule has 1 saturated heterocycles. The van der Waals surface area contributed by atoms with Crippen LogP contribution in [0.5, 0.6) is 5.75 Å². The maximum absolute atomic E-state index is 13.0. The third kappa shape index (κ3) is 6.09. The van der Waals surface area contributed by atoms with Crippen molar-refractivity contribution in [3.63, 3.8) is 0 Å². The van der Waals surface area contributed by atoms with Crippen LogP contribution in [0.25, 0.3) is 0 Å². The number of benzene rings is 1. The van der Waals surface area contributed by atoms with Crippen LogP contribution in [0.15, 0.2) is 48.7 Å². The van der Waals surface area contributed by atoms with Gasteiger partial charge in [-0.3, -0.25) is 14.6 Å². The zero-order valence-corrected chi connectivity index (χ0v) is 18.7. The number of aromatic nitrogens is 1. The molecule has 170 valence electrons. The Bertz CT molecular complexity index is 888. The predicted molar refractivity (Wildman–Crippen MR) is 124 cm³/mol. The third-order valence-electron chi connectivity index (χ3n) is 6.58. The highest BCUT2D eigenvalue weighted by Gasteiger charge is 2.25. The monoisotopic (exact) mass is 435 g/mol. The highest BCUT2D eigenvalue weighted by Crippen LogP contribution is 2.26. The Hall–Kier alpha value is -2.89. The van der Waals surface area contributed by atoms with Crippen molar-refractivity contribution in [3.8, 4) is 5.75 Å². The van der Waals surface area contributed by atoms with Gasteiger partial charge >= 0.3 is 0 Å². The number of amides is 2. The molecular formula is C26H33N3O3. The molecule has 0 spiro atoms. The molecule has 2 aromatic rings. The normalized spacial score (nSPS) is 17.2. The van der Waals surface area contributed by atoms with Gasteiger partial charge in [-0.25, -0.2) is 0 Å². The summed E-state index contributed by atoms with van der Waals surface area (Å²) in [6, 6.07) is 13.1. The van der Waals surface area contributed by atoms with E-state index in [-0.39, 0.29) is 11.8 Å². The van der Waals surface area contributed by atoms with Gasteiger partial charge in [0.2, 0.25) is 5.91 Å². The summed E-state index contributed by atoms with van der Waals surface area (Å²) in [6.07, 6.45) is 9.78. The highest BCUT2D eigenvalue weighted by atomic mass is 16.5. The molecule has 1 aliphatic carbocycles. The van der Waals surface area contributed by atoms with Gasteiger partial charge in [-0.1, -0.05) is 44.2 Å². The van der Waals surface area contributed by atoms with Crippen LogP contribution < -0.4 is 4.74 Å². The Morgan fingerprint density at radius 2 is 1.72 bits per heavy atom. The molecule has 1 aromatic heterocycles. The molecule has 4 rings (SSSR count). The van der Waals surface area contributed by atoms with Crippen LogP contribution in [-0.2, 0) is 11.2 Å². The standard InChI is InChI=1S/C26H33N3O3/c30-25(20-23-10-4-5-13-27-23)28-14-16-29(17-15-28)26(31)22-9-6-11-24(19-22)32-18-12-21-7-2-1-3-8-21/h4-6,9-11,13,19,21H,1-3,7-8,12,14-18,20H2. The Morgan fingerprint density at radius 1 is 0.938 bits per heavy atom. The molecule has 0 N–H and O–H groups in total. The van der Waals surface area contributed by atoms with E-state index in [0.29, 0.717) is 44.8 Å². The summed E-state index contributed by atoms with van der Waals surface area (Å²) in [5.74, 6) is 1.60. The van der Waals surface area contributed by atoms with E-state index in [1.807, 2.05) is 52.3 Å². The second kappa shape index (κ2) is 11.1. The first kappa shape index (κ1) is 22.3. The molecule has 1 aromatic carbocycles. The van der Waals surface area contributed by atoms with E-state index in [4.69, 9.17) is 4.74 Å². The van der Waals surface area contributed by atoms with Crippen molar-refractivity contribution >= 4 is 11.8 Å². The van der Waals surface area contributed by atoms with Gasteiger partial charge in [-0.05, 0) is 42.7 Å². The van der Waals surface area contributed by atoms with E-state index in [2.05, 4.69) is 4.98 Å². The minimum absolute atomic E-state index is 0.000412. The molecule has 2 amide bonds. The Morgan fingerprint density at radius 3 is 2.47 bits per heavy atom. The molecule has 2 heterocycles. The first-order valence-electron chi connectivity index (χ1n) is 11.9. The summed E-state index contributed by atoms with van der Waals surface area (Å²) in [4.78, 5) is 33.4. The maximum atomic E-state index is 13.0. The molecular weight excluding hydrogens is 402 g/mol. The van der Waals surface area contributed by atoms with Gasteiger partial charge in [0.05, 0.1) is 13.0 Å². The summed E-state index contributed by atoms with van der Waals surface area (Å²) in [5, 5.41) is 0. The van der Waals surface area contributed by atoms with Crippen LogP contribution in [0.1, 0.15) is 54.6 Å². The number of hydrogen-bond donors (Lipinski definition) is 0. The fourth-order valence-corrected chi connectivity index (χ4v) is 4.65. The van der Waals surface area contributed by atoms with E-state index < -0.39 is 0 Å². The van der Waals surface area contributed by atoms with Gasteiger partial charge in [0, 0.05) is 43.6 Å². The fraction of sp³-hybridized carbons (Fsp3) is 0.500. The van der Waals surface area contributed by atoms with E-state index in [1.54, 1.807) is 6.20 Å². The van der Waals surface area contributed by atoms with Crippen LogP contribution in [0.2, 0.25) is 0 Å². The lowest BCUT2D eigenvalue weighted by Crippen LogP contribution is -2.51. The average molecular weight is 436 g/mol. The minimum Gasteiger partial charge on any atom is -0.494 e. The van der Waals surface area contributed by atoms with E-state index in [1.165, 1.54) is 32.1 Å². The first-order valence-corrected chi connectivity index (χ1v) is 11.9. The van der Waals surface area contributed by atoms with Gasteiger partial charge < -0.3 is 14.5 Å². The molecule has 6 heteroatoms. The number of carbonyl (C=O) groups excluding carboxylic acids is 2. The lowest BCUT2D eigenvalue weighted by molar-refractivity contribution is -0.132. The lowest BCUT2D eigenvalue weighted by atomic mass is 9.87. The lowest BCUT2D eigenvalue weighted by Gasteiger charge is -2.35. The van der Waals surface area contributed by atoms with Crippen molar-refractivity contribution in [2.45, 2.75) is 44.9 Å². The van der Waals surface area contributed by atoms with Crippen LogP contribution in [0, 0.1) is 5.92 Å². The van der Waals surface area contributed by atoms with Crippen molar-refractivity contribution in [2.24, 2.45) is 5.92 Å². The van der Waals surface area contributed by atoms with Crippen LogP contribution in [0.4, 0.5) is 0 Å². The van der Waals surface area contributed by atoms with Gasteiger partial charge in [0.1, 0.15) is 5.75 Å².